The van der Waals surface area contributed by atoms with Gasteiger partial charge in [-0.1, -0.05) is 12.1 Å². The molecule has 0 unspecified atom stereocenters. The number of amides is 2. The Balaban J connectivity index is 1.65. The third kappa shape index (κ3) is 4.59. The number of anilines is 2. The summed E-state index contributed by atoms with van der Waals surface area (Å²) in [5, 5.41) is 6.09. The van der Waals surface area contributed by atoms with E-state index in [0.29, 0.717) is 16.3 Å². The number of esters is 1. The smallest absolute Gasteiger partial charge is 0.341 e. The Morgan fingerprint density at radius 3 is 2.50 bits per heavy atom. The van der Waals surface area contributed by atoms with Crippen LogP contribution in [-0.4, -0.2) is 24.4 Å². The predicted octanol–water partition coefficient (Wildman–Crippen LogP) is 4.13. The van der Waals surface area contributed by atoms with Crippen molar-refractivity contribution in [3.8, 4) is 0 Å². The molecule has 1 aliphatic carbocycles. The number of aryl methyl sites for hydroxylation is 3. The average Bonchev–Trinajstić information content (AvgIpc) is 3.44. The van der Waals surface area contributed by atoms with E-state index in [-0.39, 0.29) is 11.8 Å². The molecule has 28 heavy (non-hydrogen) atoms. The Morgan fingerprint density at radius 2 is 1.82 bits per heavy atom. The molecule has 1 aliphatic rings. The van der Waals surface area contributed by atoms with Gasteiger partial charge in [-0.2, -0.15) is 0 Å². The van der Waals surface area contributed by atoms with Gasteiger partial charge in [0.15, 0.2) is 6.61 Å². The van der Waals surface area contributed by atoms with E-state index in [0.717, 1.165) is 34.4 Å². The maximum absolute atomic E-state index is 12.6. The SMILES string of the molecule is Cc1ccc(C)c(NC(=O)COC(=O)c2c(NC(=O)C3CC3)sc(C)c2C)c1. The Labute approximate surface area is 168 Å². The van der Waals surface area contributed by atoms with Gasteiger partial charge in [-0.25, -0.2) is 4.79 Å². The van der Waals surface area contributed by atoms with Crippen LogP contribution in [0.1, 0.15) is 44.8 Å². The number of ether oxygens (including phenoxy) is 1. The van der Waals surface area contributed by atoms with Crippen molar-refractivity contribution in [1.82, 2.24) is 0 Å². The van der Waals surface area contributed by atoms with Crippen LogP contribution in [0.5, 0.6) is 0 Å². The lowest BCUT2D eigenvalue weighted by atomic mass is 10.1. The van der Waals surface area contributed by atoms with Gasteiger partial charge in [-0.15, -0.1) is 11.3 Å². The fraction of sp³-hybridized carbons (Fsp3) is 0.381. The number of hydrogen-bond acceptors (Lipinski definition) is 5. The molecule has 0 radical (unpaired) electrons. The normalized spacial score (nSPS) is 13.1. The first-order valence-corrected chi connectivity index (χ1v) is 10.0. The summed E-state index contributed by atoms with van der Waals surface area (Å²) in [7, 11) is 0. The van der Waals surface area contributed by atoms with Gasteiger partial charge in [0.05, 0.1) is 5.56 Å². The van der Waals surface area contributed by atoms with E-state index in [1.54, 1.807) is 0 Å². The molecular formula is C21H24N2O4S. The molecule has 1 fully saturated rings. The third-order valence-corrected chi connectivity index (χ3v) is 5.90. The van der Waals surface area contributed by atoms with Crippen molar-refractivity contribution < 1.29 is 19.1 Å². The van der Waals surface area contributed by atoms with Crippen molar-refractivity contribution in [2.75, 3.05) is 17.2 Å². The highest BCUT2D eigenvalue weighted by Gasteiger charge is 2.31. The second kappa shape index (κ2) is 8.14. The molecule has 3 rings (SSSR count). The summed E-state index contributed by atoms with van der Waals surface area (Å²) >= 11 is 1.35. The quantitative estimate of drug-likeness (QED) is 0.714. The van der Waals surface area contributed by atoms with E-state index < -0.39 is 18.5 Å². The highest BCUT2D eigenvalue weighted by atomic mass is 32.1. The number of carbonyl (C=O) groups excluding carboxylic acids is 3. The zero-order valence-electron chi connectivity index (χ0n) is 16.5. The summed E-state index contributed by atoms with van der Waals surface area (Å²) < 4.78 is 5.23. The van der Waals surface area contributed by atoms with Crippen molar-refractivity contribution in [3.63, 3.8) is 0 Å². The summed E-state index contributed by atoms with van der Waals surface area (Å²) in [6, 6.07) is 5.75. The van der Waals surface area contributed by atoms with Crippen molar-refractivity contribution in [2.24, 2.45) is 5.92 Å². The molecule has 7 heteroatoms. The second-order valence-electron chi connectivity index (χ2n) is 7.19. The minimum absolute atomic E-state index is 0.0370. The van der Waals surface area contributed by atoms with Gasteiger partial charge in [-0.3, -0.25) is 9.59 Å². The number of carbonyl (C=O) groups is 3. The summed E-state index contributed by atoms with van der Waals surface area (Å²) in [6.45, 7) is 7.14. The minimum atomic E-state index is -0.607. The first kappa shape index (κ1) is 20.1. The maximum atomic E-state index is 12.6. The van der Waals surface area contributed by atoms with Gasteiger partial charge >= 0.3 is 5.97 Å². The molecule has 0 spiro atoms. The minimum Gasteiger partial charge on any atom is -0.452 e. The first-order valence-electron chi connectivity index (χ1n) is 9.21. The van der Waals surface area contributed by atoms with E-state index in [1.165, 1.54) is 11.3 Å². The van der Waals surface area contributed by atoms with E-state index in [9.17, 15) is 14.4 Å². The van der Waals surface area contributed by atoms with Gasteiger partial charge in [0.25, 0.3) is 5.91 Å². The Morgan fingerprint density at radius 1 is 1.11 bits per heavy atom. The summed E-state index contributed by atoms with van der Waals surface area (Å²) in [6.07, 6.45) is 1.76. The zero-order chi connectivity index (χ0) is 20.4. The van der Waals surface area contributed by atoms with Gasteiger partial charge in [0.1, 0.15) is 5.00 Å². The van der Waals surface area contributed by atoms with Crippen LogP contribution in [0.15, 0.2) is 18.2 Å². The largest absolute Gasteiger partial charge is 0.452 e. The number of nitrogens with one attached hydrogen (secondary N) is 2. The zero-order valence-corrected chi connectivity index (χ0v) is 17.3. The molecule has 2 aromatic rings. The van der Waals surface area contributed by atoms with E-state index in [4.69, 9.17) is 4.74 Å². The standard InChI is InChI=1S/C21H24N2O4S/c1-11-5-6-12(2)16(9-11)22-17(24)10-27-21(26)18-13(3)14(4)28-20(18)23-19(25)15-7-8-15/h5-6,9,15H,7-8,10H2,1-4H3,(H,22,24)(H,23,25). The predicted molar refractivity (Wildman–Crippen MR) is 110 cm³/mol. The molecule has 6 nitrogen and oxygen atoms in total. The molecule has 1 saturated carbocycles. The highest BCUT2D eigenvalue weighted by Crippen LogP contribution is 2.36. The Hall–Kier alpha value is -2.67. The van der Waals surface area contributed by atoms with Crippen LogP contribution in [0.4, 0.5) is 10.7 Å². The molecule has 1 heterocycles. The van der Waals surface area contributed by atoms with Crippen LogP contribution >= 0.6 is 11.3 Å². The molecule has 0 saturated heterocycles. The summed E-state index contributed by atoms with van der Waals surface area (Å²) in [4.78, 5) is 37.8. The number of rotatable bonds is 6. The van der Waals surface area contributed by atoms with Crippen molar-refractivity contribution in [2.45, 2.75) is 40.5 Å². The fourth-order valence-electron chi connectivity index (χ4n) is 2.78. The molecule has 0 aliphatic heterocycles. The van der Waals surface area contributed by atoms with Crippen LogP contribution in [0.2, 0.25) is 0 Å². The average molecular weight is 401 g/mol. The fourth-order valence-corrected chi connectivity index (χ4v) is 3.83. The third-order valence-electron chi connectivity index (χ3n) is 4.78. The van der Waals surface area contributed by atoms with Gasteiger partial charge in [-0.05, 0) is 63.3 Å². The Kier molecular flexibility index (Phi) is 5.84. The van der Waals surface area contributed by atoms with Gasteiger partial charge in [0.2, 0.25) is 5.91 Å². The lowest BCUT2D eigenvalue weighted by Gasteiger charge is -2.11. The van der Waals surface area contributed by atoms with E-state index in [2.05, 4.69) is 10.6 Å². The van der Waals surface area contributed by atoms with Crippen LogP contribution < -0.4 is 10.6 Å². The Bertz CT molecular complexity index is 944. The number of hydrogen-bond donors (Lipinski definition) is 2. The summed E-state index contributed by atoms with van der Waals surface area (Å²) in [5.41, 5.74) is 3.74. The van der Waals surface area contributed by atoms with Crippen molar-refractivity contribution in [1.29, 1.82) is 0 Å². The molecule has 1 aromatic carbocycles. The second-order valence-corrected chi connectivity index (χ2v) is 8.42. The molecule has 0 atom stereocenters. The molecule has 0 bridgehead atoms. The molecule has 1 aromatic heterocycles. The van der Waals surface area contributed by atoms with E-state index in [1.807, 2.05) is 45.9 Å². The maximum Gasteiger partial charge on any atom is 0.341 e. The lowest BCUT2D eigenvalue weighted by molar-refractivity contribution is -0.119. The lowest BCUT2D eigenvalue weighted by Crippen LogP contribution is -2.22. The highest BCUT2D eigenvalue weighted by molar-refractivity contribution is 7.16. The molecular weight excluding hydrogens is 376 g/mol. The van der Waals surface area contributed by atoms with Crippen molar-refractivity contribution >= 4 is 39.8 Å². The van der Waals surface area contributed by atoms with Crippen LogP contribution in [0.25, 0.3) is 0 Å². The van der Waals surface area contributed by atoms with Gasteiger partial charge < -0.3 is 15.4 Å². The summed E-state index contributed by atoms with van der Waals surface area (Å²) in [5.74, 6) is -1.04. The van der Waals surface area contributed by atoms with Gasteiger partial charge in [0, 0.05) is 16.5 Å². The number of thiophene rings is 1. The first-order chi connectivity index (χ1) is 13.3. The van der Waals surface area contributed by atoms with Crippen LogP contribution in [0.3, 0.4) is 0 Å². The molecule has 2 N–H and O–H groups in total. The van der Waals surface area contributed by atoms with E-state index >= 15 is 0 Å². The monoisotopic (exact) mass is 400 g/mol. The topological polar surface area (TPSA) is 84.5 Å². The molecule has 2 amide bonds. The number of benzene rings is 1. The van der Waals surface area contributed by atoms with Crippen LogP contribution in [0, 0.1) is 33.6 Å². The van der Waals surface area contributed by atoms with Crippen LogP contribution in [-0.2, 0) is 14.3 Å². The van der Waals surface area contributed by atoms with Crippen molar-refractivity contribution in [3.05, 3.63) is 45.3 Å². The molecule has 148 valence electrons.